The standard InChI is InChI=1S/C24H29F6N7O2/c1-2-4-16-6-7-17-19(24(28,29)30)21(39)34-33-20(17)37(16)8-3-5-18(38)35-9-11-36(12-10-35)22-31-13-15(14-32-22)23(25,26)27/h13-14,16H,2-12H2,1H3,(H,34,39). The summed E-state index contributed by atoms with van der Waals surface area (Å²) in [7, 11) is 0. The van der Waals surface area contributed by atoms with Crippen LogP contribution in [0.3, 0.4) is 0 Å². The Balaban J connectivity index is 1.35. The number of aromatic nitrogens is 4. The third-order valence-electron chi connectivity index (χ3n) is 7.08. The van der Waals surface area contributed by atoms with Gasteiger partial charge >= 0.3 is 12.4 Å². The van der Waals surface area contributed by atoms with Crippen LogP contribution in [-0.4, -0.2) is 69.7 Å². The molecule has 2 aliphatic heterocycles. The first-order valence-corrected chi connectivity index (χ1v) is 12.8. The number of aromatic amines is 1. The van der Waals surface area contributed by atoms with Crippen molar-refractivity contribution in [1.29, 1.82) is 0 Å². The minimum Gasteiger partial charge on any atom is -0.352 e. The number of anilines is 2. The van der Waals surface area contributed by atoms with Crippen LogP contribution in [0.2, 0.25) is 0 Å². The molecule has 2 aliphatic rings. The van der Waals surface area contributed by atoms with Crippen LogP contribution in [0.25, 0.3) is 0 Å². The minimum absolute atomic E-state index is 0.0515. The van der Waals surface area contributed by atoms with Crippen LogP contribution in [-0.2, 0) is 23.6 Å². The van der Waals surface area contributed by atoms with Gasteiger partial charge < -0.3 is 14.7 Å². The van der Waals surface area contributed by atoms with E-state index in [9.17, 15) is 35.9 Å². The number of hydrogen-bond donors (Lipinski definition) is 1. The quantitative estimate of drug-likeness (QED) is 0.516. The molecule has 0 radical (unpaired) electrons. The first-order chi connectivity index (χ1) is 18.4. The van der Waals surface area contributed by atoms with Crippen LogP contribution in [0.1, 0.15) is 55.7 Å². The third-order valence-corrected chi connectivity index (χ3v) is 7.08. The molecule has 1 amide bonds. The van der Waals surface area contributed by atoms with Crippen molar-refractivity contribution in [3.05, 3.63) is 39.4 Å². The van der Waals surface area contributed by atoms with E-state index in [1.807, 2.05) is 12.0 Å². The maximum Gasteiger partial charge on any atom is 0.422 e. The Labute approximate surface area is 220 Å². The molecule has 2 aromatic rings. The van der Waals surface area contributed by atoms with Crippen LogP contribution in [0, 0.1) is 0 Å². The summed E-state index contributed by atoms with van der Waals surface area (Å²) in [5.41, 5.74) is -3.51. The molecule has 2 aromatic heterocycles. The summed E-state index contributed by atoms with van der Waals surface area (Å²) in [6.07, 6.45) is -5.21. The Kier molecular flexibility index (Phi) is 8.35. The van der Waals surface area contributed by atoms with Crippen LogP contribution in [0.5, 0.6) is 0 Å². The number of nitrogens with zero attached hydrogens (tertiary/aromatic N) is 6. The van der Waals surface area contributed by atoms with Gasteiger partial charge in [-0.25, -0.2) is 15.1 Å². The van der Waals surface area contributed by atoms with E-state index in [1.54, 1.807) is 14.7 Å². The second kappa shape index (κ2) is 11.4. The van der Waals surface area contributed by atoms with Gasteiger partial charge in [-0.3, -0.25) is 9.59 Å². The van der Waals surface area contributed by atoms with Crippen molar-refractivity contribution < 1.29 is 31.1 Å². The Morgan fingerprint density at radius 3 is 2.31 bits per heavy atom. The summed E-state index contributed by atoms with van der Waals surface area (Å²) < 4.78 is 79.0. The minimum atomic E-state index is -4.80. The molecular formula is C24H29F6N7O2. The molecule has 0 bridgehead atoms. The van der Waals surface area contributed by atoms with Crippen molar-refractivity contribution in [3.63, 3.8) is 0 Å². The van der Waals surface area contributed by atoms with Gasteiger partial charge in [-0.15, -0.1) is 0 Å². The lowest BCUT2D eigenvalue weighted by Gasteiger charge is -2.38. The second-order valence-electron chi connectivity index (χ2n) is 9.64. The topological polar surface area (TPSA) is 98.3 Å². The molecule has 0 aromatic carbocycles. The Hall–Kier alpha value is -3.39. The molecule has 214 valence electrons. The number of carbonyl (C=O) groups is 1. The lowest BCUT2D eigenvalue weighted by Crippen LogP contribution is -2.49. The molecule has 1 atom stereocenters. The lowest BCUT2D eigenvalue weighted by atomic mass is 9.92. The molecule has 0 aliphatic carbocycles. The fraction of sp³-hybridized carbons (Fsp3) is 0.625. The Bertz CT molecular complexity index is 1210. The molecule has 0 spiro atoms. The zero-order valence-electron chi connectivity index (χ0n) is 21.3. The predicted octanol–water partition coefficient (Wildman–Crippen LogP) is 3.65. The first-order valence-electron chi connectivity index (χ1n) is 12.8. The highest BCUT2D eigenvalue weighted by atomic mass is 19.4. The van der Waals surface area contributed by atoms with Gasteiger partial charge in [0.2, 0.25) is 11.9 Å². The molecule has 4 heterocycles. The zero-order chi connectivity index (χ0) is 28.4. The molecule has 0 saturated carbocycles. The molecular weight excluding hydrogens is 532 g/mol. The largest absolute Gasteiger partial charge is 0.422 e. The van der Waals surface area contributed by atoms with Gasteiger partial charge in [0.1, 0.15) is 5.56 Å². The molecule has 1 saturated heterocycles. The van der Waals surface area contributed by atoms with Gasteiger partial charge in [0.25, 0.3) is 5.56 Å². The number of fused-ring (bicyclic) bond motifs is 1. The summed E-state index contributed by atoms with van der Waals surface area (Å²) in [6, 6.07) is -0.0515. The number of halogens is 6. The highest BCUT2D eigenvalue weighted by Crippen LogP contribution is 2.38. The van der Waals surface area contributed by atoms with Gasteiger partial charge in [-0.2, -0.15) is 31.4 Å². The van der Waals surface area contributed by atoms with Gasteiger partial charge in [-0.05, 0) is 25.7 Å². The summed E-state index contributed by atoms with van der Waals surface area (Å²) in [5.74, 6) is 0.145. The molecule has 1 N–H and O–H groups in total. The van der Waals surface area contributed by atoms with E-state index in [1.165, 1.54) is 0 Å². The van der Waals surface area contributed by atoms with Crippen LogP contribution < -0.4 is 15.4 Å². The number of hydrogen-bond acceptors (Lipinski definition) is 7. The Morgan fingerprint density at radius 1 is 1.05 bits per heavy atom. The zero-order valence-corrected chi connectivity index (χ0v) is 21.3. The van der Waals surface area contributed by atoms with Gasteiger partial charge in [0.05, 0.1) is 5.56 Å². The van der Waals surface area contributed by atoms with Gasteiger partial charge in [-0.1, -0.05) is 13.3 Å². The van der Waals surface area contributed by atoms with E-state index in [0.29, 0.717) is 45.6 Å². The summed E-state index contributed by atoms with van der Waals surface area (Å²) in [5, 5.41) is 5.96. The number of piperazine rings is 1. The van der Waals surface area contributed by atoms with Crippen molar-refractivity contribution in [2.45, 2.75) is 63.8 Å². The Morgan fingerprint density at radius 2 is 1.72 bits per heavy atom. The van der Waals surface area contributed by atoms with Crippen molar-refractivity contribution in [2.24, 2.45) is 0 Å². The van der Waals surface area contributed by atoms with Gasteiger partial charge in [0, 0.05) is 63.1 Å². The second-order valence-corrected chi connectivity index (χ2v) is 9.64. The van der Waals surface area contributed by atoms with E-state index >= 15 is 0 Å². The highest BCUT2D eigenvalue weighted by Gasteiger charge is 2.41. The monoisotopic (exact) mass is 561 g/mol. The van der Waals surface area contributed by atoms with Crippen LogP contribution in [0.15, 0.2) is 17.2 Å². The first kappa shape index (κ1) is 28.6. The number of H-pyrrole nitrogens is 1. The van der Waals surface area contributed by atoms with E-state index in [2.05, 4.69) is 15.1 Å². The van der Waals surface area contributed by atoms with E-state index < -0.39 is 29.0 Å². The van der Waals surface area contributed by atoms with Crippen molar-refractivity contribution in [1.82, 2.24) is 25.1 Å². The van der Waals surface area contributed by atoms with Crippen LogP contribution in [0.4, 0.5) is 38.1 Å². The van der Waals surface area contributed by atoms with Crippen LogP contribution >= 0.6 is 0 Å². The average Bonchev–Trinajstić information content (AvgIpc) is 2.88. The number of rotatable bonds is 7. The van der Waals surface area contributed by atoms with E-state index in [4.69, 9.17) is 0 Å². The number of amides is 1. The normalized spacial score (nSPS) is 18.3. The summed E-state index contributed by atoms with van der Waals surface area (Å²) in [4.78, 5) is 37.5. The highest BCUT2D eigenvalue weighted by molar-refractivity contribution is 5.76. The van der Waals surface area contributed by atoms with Crippen molar-refractivity contribution in [3.8, 4) is 0 Å². The molecule has 39 heavy (non-hydrogen) atoms. The van der Waals surface area contributed by atoms with Crippen molar-refractivity contribution >= 4 is 17.7 Å². The van der Waals surface area contributed by atoms with Gasteiger partial charge in [0.15, 0.2) is 5.82 Å². The molecule has 4 rings (SSSR count). The molecule has 15 heteroatoms. The number of alkyl halides is 6. The fourth-order valence-electron chi connectivity index (χ4n) is 5.16. The smallest absolute Gasteiger partial charge is 0.352 e. The van der Waals surface area contributed by atoms with Crippen molar-refractivity contribution in [2.75, 3.05) is 42.5 Å². The predicted molar refractivity (Wildman–Crippen MR) is 129 cm³/mol. The summed E-state index contributed by atoms with van der Waals surface area (Å²) in [6.45, 7) is 3.67. The maximum absolute atomic E-state index is 13.6. The fourth-order valence-corrected chi connectivity index (χ4v) is 5.16. The molecule has 1 fully saturated rings. The lowest BCUT2D eigenvalue weighted by molar-refractivity contribution is -0.139. The molecule has 1 unspecified atom stereocenters. The van der Waals surface area contributed by atoms with E-state index in [0.717, 1.165) is 25.2 Å². The summed E-state index contributed by atoms with van der Waals surface area (Å²) >= 11 is 0. The van der Waals surface area contributed by atoms with E-state index in [-0.39, 0.29) is 42.1 Å². The third kappa shape index (κ3) is 6.44. The number of nitrogens with one attached hydrogen (secondary N) is 1. The number of carbonyl (C=O) groups excluding carboxylic acids is 1. The average molecular weight is 562 g/mol. The molecule has 9 nitrogen and oxygen atoms in total. The SMILES string of the molecule is CCCC1CCc2c(n[nH]c(=O)c2C(F)(F)F)N1CCCC(=O)N1CCN(c2ncc(C(F)(F)F)cn2)CC1. The maximum atomic E-state index is 13.6.